The summed E-state index contributed by atoms with van der Waals surface area (Å²) in [5, 5.41) is 0.338. The normalized spacial score (nSPS) is 15.5. The number of carbonyl (C=O) groups excluding carboxylic acids is 1. The fourth-order valence-corrected chi connectivity index (χ4v) is 4.60. The van der Waals surface area contributed by atoms with Gasteiger partial charge in [-0.1, -0.05) is 29.8 Å². The topological polar surface area (TPSA) is 75.1 Å². The van der Waals surface area contributed by atoms with Gasteiger partial charge in [-0.25, -0.2) is 15.0 Å². The Morgan fingerprint density at radius 3 is 2.44 bits per heavy atom. The summed E-state index contributed by atoms with van der Waals surface area (Å²) >= 11 is 6.34. The van der Waals surface area contributed by atoms with Gasteiger partial charge in [0.05, 0.1) is 5.69 Å². The first kappa shape index (κ1) is 24.0. The molecule has 0 aliphatic carbocycles. The summed E-state index contributed by atoms with van der Waals surface area (Å²) in [6.45, 7) is 3.48. The fourth-order valence-electron chi connectivity index (χ4n) is 4.42. The van der Waals surface area contributed by atoms with E-state index in [9.17, 15) is 4.79 Å². The highest BCUT2D eigenvalue weighted by Crippen LogP contribution is 2.28. The number of likely N-dealkylation sites (tertiary alicyclic amines) is 1. The van der Waals surface area contributed by atoms with Crippen LogP contribution in [-0.4, -0.2) is 68.9 Å². The molecule has 0 radical (unpaired) electrons. The molecular weight excluding hydrogens is 472 g/mol. The monoisotopic (exact) mass is 498 g/mol. The molecule has 8 heteroatoms. The molecule has 182 valence electrons. The van der Waals surface area contributed by atoms with Crippen LogP contribution in [0.15, 0.2) is 67.0 Å². The smallest absolute Gasteiger partial charge is 0.253 e. The number of halogens is 1. The van der Waals surface area contributed by atoms with Crippen LogP contribution in [0.25, 0.3) is 33.9 Å². The Bertz CT molecular complexity index is 1410. The van der Waals surface area contributed by atoms with Crippen molar-refractivity contribution in [2.24, 2.45) is 0 Å². The second-order valence-electron chi connectivity index (χ2n) is 9.26. The van der Waals surface area contributed by atoms with E-state index in [0.717, 1.165) is 41.9 Å². The van der Waals surface area contributed by atoms with Crippen LogP contribution < -0.4 is 0 Å². The predicted octanol–water partition coefficient (Wildman–Crippen LogP) is 5.01. The van der Waals surface area contributed by atoms with Gasteiger partial charge in [-0.2, -0.15) is 0 Å². The number of nitrogens with zero attached hydrogens (tertiary/aromatic N) is 6. The number of carbonyl (C=O) groups is 1. The molecule has 0 N–H and O–H groups in total. The minimum atomic E-state index is 0.0747. The number of likely N-dealkylation sites (N-methyl/N-ethyl adjacent to an activating group) is 1. The second-order valence-corrected chi connectivity index (χ2v) is 9.65. The number of aromatic nitrogens is 4. The van der Waals surface area contributed by atoms with Crippen molar-refractivity contribution in [2.45, 2.75) is 19.4 Å². The van der Waals surface area contributed by atoms with Crippen molar-refractivity contribution >= 4 is 17.5 Å². The molecule has 3 aromatic heterocycles. The van der Waals surface area contributed by atoms with Crippen molar-refractivity contribution in [3.8, 4) is 33.9 Å². The van der Waals surface area contributed by atoms with Gasteiger partial charge in [0.15, 0.2) is 5.82 Å². The van der Waals surface area contributed by atoms with E-state index >= 15 is 0 Å². The van der Waals surface area contributed by atoms with Crippen LogP contribution in [-0.2, 0) is 0 Å². The Kier molecular flexibility index (Phi) is 6.76. The van der Waals surface area contributed by atoms with E-state index in [1.54, 1.807) is 18.5 Å². The summed E-state index contributed by atoms with van der Waals surface area (Å²) in [5.74, 6) is 0.540. The van der Waals surface area contributed by atoms with Crippen molar-refractivity contribution < 1.29 is 4.79 Å². The number of hydrogen-bond donors (Lipinski definition) is 0. The molecule has 4 aromatic rings. The van der Waals surface area contributed by atoms with Crippen LogP contribution in [0.2, 0.25) is 5.15 Å². The summed E-state index contributed by atoms with van der Waals surface area (Å²) in [5.41, 5.74) is 5.61. The van der Waals surface area contributed by atoms with E-state index in [-0.39, 0.29) is 5.91 Å². The van der Waals surface area contributed by atoms with Crippen LogP contribution in [0.5, 0.6) is 0 Å². The first-order chi connectivity index (χ1) is 17.4. The molecule has 1 aliphatic rings. The molecule has 1 saturated heterocycles. The Morgan fingerprint density at radius 2 is 1.72 bits per heavy atom. The van der Waals surface area contributed by atoms with Crippen LogP contribution in [0.3, 0.4) is 0 Å². The number of rotatable bonds is 5. The standard InChI is InChI=1S/C28H27ClN6O/c1-18-5-4-6-24(31-18)27-32-25(14-26(29)33-27)22-13-21(15-30-16-22)19-7-9-20(10-8-19)28(36)35-12-11-23(17-35)34(2)3/h4-10,13-16,23H,11-12,17H2,1-3H3. The molecule has 1 aliphatic heterocycles. The number of hydrogen-bond acceptors (Lipinski definition) is 6. The van der Waals surface area contributed by atoms with E-state index in [4.69, 9.17) is 16.6 Å². The quantitative estimate of drug-likeness (QED) is 0.360. The molecule has 4 heterocycles. The molecule has 0 bridgehead atoms. The van der Waals surface area contributed by atoms with Crippen molar-refractivity contribution in [1.29, 1.82) is 0 Å². The SMILES string of the molecule is Cc1cccc(-c2nc(Cl)cc(-c3cncc(-c4ccc(C(=O)N5CCC(N(C)C)C5)cc4)c3)n2)n1. The van der Waals surface area contributed by atoms with Gasteiger partial charge in [0.25, 0.3) is 5.91 Å². The van der Waals surface area contributed by atoms with E-state index < -0.39 is 0 Å². The van der Waals surface area contributed by atoms with Gasteiger partial charge < -0.3 is 9.80 Å². The molecule has 1 amide bonds. The maximum Gasteiger partial charge on any atom is 0.253 e. The highest BCUT2D eigenvalue weighted by molar-refractivity contribution is 6.29. The minimum Gasteiger partial charge on any atom is -0.337 e. The van der Waals surface area contributed by atoms with Gasteiger partial charge in [-0.3, -0.25) is 9.78 Å². The van der Waals surface area contributed by atoms with E-state index in [1.165, 1.54) is 0 Å². The molecule has 1 unspecified atom stereocenters. The van der Waals surface area contributed by atoms with E-state index in [0.29, 0.717) is 34.0 Å². The highest BCUT2D eigenvalue weighted by Gasteiger charge is 2.28. The Hall–Kier alpha value is -3.68. The average molecular weight is 499 g/mol. The molecular formula is C28H27ClN6O. The first-order valence-corrected chi connectivity index (χ1v) is 12.3. The summed E-state index contributed by atoms with van der Waals surface area (Å²) in [6, 6.07) is 17.5. The van der Waals surface area contributed by atoms with Crippen molar-refractivity contribution in [1.82, 2.24) is 29.7 Å². The molecule has 0 saturated carbocycles. The van der Waals surface area contributed by atoms with E-state index in [2.05, 4.69) is 33.9 Å². The summed E-state index contributed by atoms with van der Waals surface area (Å²) in [4.78, 5) is 35.1. The maximum absolute atomic E-state index is 13.0. The molecule has 5 rings (SSSR count). The highest BCUT2D eigenvalue weighted by atomic mass is 35.5. The summed E-state index contributed by atoms with van der Waals surface area (Å²) < 4.78 is 0. The zero-order valence-electron chi connectivity index (χ0n) is 20.5. The van der Waals surface area contributed by atoms with Gasteiger partial charge in [0.2, 0.25) is 0 Å². The lowest BCUT2D eigenvalue weighted by atomic mass is 10.0. The molecule has 1 aromatic carbocycles. The Labute approximate surface area is 215 Å². The molecule has 7 nitrogen and oxygen atoms in total. The third kappa shape index (κ3) is 5.12. The number of aryl methyl sites for hydroxylation is 1. The van der Waals surface area contributed by atoms with Gasteiger partial charge in [0, 0.05) is 60.0 Å². The van der Waals surface area contributed by atoms with Crippen LogP contribution in [0.4, 0.5) is 0 Å². The van der Waals surface area contributed by atoms with Crippen LogP contribution >= 0.6 is 11.6 Å². The van der Waals surface area contributed by atoms with Crippen molar-refractivity contribution in [3.05, 3.63) is 83.4 Å². The fraction of sp³-hybridized carbons (Fsp3) is 0.250. The van der Waals surface area contributed by atoms with Crippen LogP contribution in [0, 0.1) is 6.92 Å². The van der Waals surface area contributed by atoms with Gasteiger partial charge in [-0.05, 0) is 63.3 Å². The predicted molar refractivity (Wildman–Crippen MR) is 142 cm³/mol. The summed E-state index contributed by atoms with van der Waals surface area (Å²) in [6.07, 6.45) is 4.56. The van der Waals surface area contributed by atoms with Gasteiger partial charge >= 0.3 is 0 Å². The lowest BCUT2D eigenvalue weighted by Crippen LogP contribution is -2.34. The number of amides is 1. The third-order valence-corrected chi connectivity index (χ3v) is 6.69. The summed E-state index contributed by atoms with van der Waals surface area (Å²) in [7, 11) is 4.12. The zero-order valence-corrected chi connectivity index (χ0v) is 21.3. The second kappa shape index (κ2) is 10.1. The number of benzene rings is 1. The zero-order chi connectivity index (χ0) is 25.2. The third-order valence-electron chi connectivity index (χ3n) is 6.49. The molecule has 1 fully saturated rings. The largest absolute Gasteiger partial charge is 0.337 e. The Morgan fingerprint density at radius 1 is 0.944 bits per heavy atom. The number of pyridine rings is 2. The Balaban J connectivity index is 1.39. The molecule has 1 atom stereocenters. The lowest BCUT2D eigenvalue weighted by Gasteiger charge is -2.20. The van der Waals surface area contributed by atoms with Gasteiger partial charge in [-0.15, -0.1) is 0 Å². The molecule has 0 spiro atoms. The first-order valence-electron chi connectivity index (χ1n) is 11.9. The lowest BCUT2D eigenvalue weighted by molar-refractivity contribution is 0.0783. The van der Waals surface area contributed by atoms with Gasteiger partial charge in [0.1, 0.15) is 10.8 Å². The maximum atomic E-state index is 13.0. The van der Waals surface area contributed by atoms with Crippen molar-refractivity contribution in [2.75, 3.05) is 27.2 Å². The van der Waals surface area contributed by atoms with Crippen molar-refractivity contribution in [3.63, 3.8) is 0 Å². The van der Waals surface area contributed by atoms with E-state index in [1.807, 2.05) is 60.4 Å². The average Bonchev–Trinajstić information content (AvgIpc) is 3.39. The minimum absolute atomic E-state index is 0.0747. The molecule has 36 heavy (non-hydrogen) atoms. The van der Waals surface area contributed by atoms with Crippen LogP contribution in [0.1, 0.15) is 22.5 Å².